The third-order valence-corrected chi connectivity index (χ3v) is 3.30. The van der Waals surface area contributed by atoms with Gasteiger partial charge in [-0.05, 0) is 39.3 Å². The standard InChI is InChI=1S/C14H19FO3S/c1-9(16)10-6-5-7-11(15)13(10)19-8-12(17)18-14(2,3)4/h5-7,9,16H,8H2,1-4H3. The number of aliphatic hydroxyl groups is 1. The predicted octanol–water partition coefficient (Wildman–Crippen LogP) is 3.31. The van der Waals surface area contributed by atoms with Gasteiger partial charge in [0.15, 0.2) is 0 Å². The van der Waals surface area contributed by atoms with Crippen molar-refractivity contribution in [3.63, 3.8) is 0 Å². The van der Waals surface area contributed by atoms with E-state index in [1.165, 1.54) is 12.1 Å². The summed E-state index contributed by atoms with van der Waals surface area (Å²) in [5.41, 5.74) is -0.0754. The number of esters is 1. The van der Waals surface area contributed by atoms with Gasteiger partial charge in [0.05, 0.1) is 11.9 Å². The zero-order valence-electron chi connectivity index (χ0n) is 11.6. The summed E-state index contributed by atoms with van der Waals surface area (Å²) >= 11 is 1.04. The Morgan fingerprint density at radius 3 is 2.63 bits per heavy atom. The molecule has 0 amide bonds. The van der Waals surface area contributed by atoms with Crippen LogP contribution in [0.2, 0.25) is 0 Å². The van der Waals surface area contributed by atoms with Crippen LogP contribution in [0.25, 0.3) is 0 Å². The first-order chi connectivity index (χ1) is 8.70. The minimum absolute atomic E-state index is 0.0118. The highest BCUT2D eigenvalue weighted by Gasteiger charge is 2.19. The fourth-order valence-corrected chi connectivity index (χ4v) is 2.44. The first-order valence-corrected chi connectivity index (χ1v) is 7.00. The molecular formula is C14H19FO3S. The van der Waals surface area contributed by atoms with Gasteiger partial charge in [0.1, 0.15) is 11.4 Å². The Kier molecular flexibility index (Phi) is 5.38. The van der Waals surface area contributed by atoms with E-state index in [1.807, 2.05) is 0 Å². The van der Waals surface area contributed by atoms with Gasteiger partial charge in [-0.1, -0.05) is 12.1 Å². The molecule has 0 fully saturated rings. The van der Waals surface area contributed by atoms with Crippen molar-refractivity contribution in [2.75, 3.05) is 5.75 Å². The Bertz CT molecular complexity index is 452. The van der Waals surface area contributed by atoms with Crippen LogP contribution in [0, 0.1) is 5.82 Å². The highest BCUT2D eigenvalue weighted by Crippen LogP contribution is 2.30. The van der Waals surface area contributed by atoms with Gasteiger partial charge in [-0.2, -0.15) is 0 Å². The summed E-state index contributed by atoms with van der Waals surface area (Å²) in [6.07, 6.45) is -0.781. The molecule has 3 nitrogen and oxygen atoms in total. The van der Waals surface area contributed by atoms with Crippen molar-refractivity contribution in [3.8, 4) is 0 Å². The fraction of sp³-hybridized carbons (Fsp3) is 0.500. The highest BCUT2D eigenvalue weighted by atomic mass is 32.2. The molecule has 0 bridgehead atoms. The normalized spacial score (nSPS) is 13.2. The van der Waals surface area contributed by atoms with Gasteiger partial charge in [-0.3, -0.25) is 4.79 Å². The summed E-state index contributed by atoms with van der Waals surface area (Å²) in [6, 6.07) is 4.49. The topological polar surface area (TPSA) is 46.5 Å². The van der Waals surface area contributed by atoms with Crippen molar-refractivity contribution >= 4 is 17.7 Å². The lowest BCUT2D eigenvalue weighted by atomic mass is 10.1. The maximum Gasteiger partial charge on any atom is 0.316 e. The molecule has 0 aromatic heterocycles. The lowest BCUT2D eigenvalue weighted by Crippen LogP contribution is -2.25. The quantitative estimate of drug-likeness (QED) is 0.681. The third-order valence-electron chi connectivity index (χ3n) is 2.20. The SMILES string of the molecule is CC(O)c1cccc(F)c1SCC(=O)OC(C)(C)C. The number of rotatable bonds is 4. The molecule has 1 aromatic rings. The maximum absolute atomic E-state index is 13.7. The second-order valence-electron chi connectivity index (χ2n) is 5.21. The molecule has 19 heavy (non-hydrogen) atoms. The molecule has 0 saturated carbocycles. The van der Waals surface area contributed by atoms with E-state index in [9.17, 15) is 14.3 Å². The summed E-state index contributed by atoms with van der Waals surface area (Å²) in [6.45, 7) is 6.89. The molecule has 1 atom stereocenters. The number of benzene rings is 1. The summed E-state index contributed by atoms with van der Waals surface area (Å²) < 4.78 is 18.9. The Morgan fingerprint density at radius 1 is 1.47 bits per heavy atom. The number of carbonyl (C=O) groups is 1. The van der Waals surface area contributed by atoms with E-state index >= 15 is 0 Å². The van der Waals surface area contributed by atoms with Gasteiger partial charge in [0.25, 0.3) is 0 Å². The Labute approximate surface area is 117 Å². The molecule has 1 aromatic carbocycles. The van der Waals surface area contributed by atoms with Crippen LogP contribution in [0.15, 0.2) is 23.1 Å². The van der Waals surface area contributed by atoms with E-state index in [1.54, 1.807) is 33.8 Å². The fourth-order valence-electron chi connectivity index (χ4n) is 1.51. The Balaban J connectivity index is 2.75. The van der Waals surface area contributed by atoms with Crippen LogP contribution < -0.4 is 0 Å². The number of aliphatic hydroxyl groups excluding tert-OH is 1. The molecule has 0 radical (unpaired) electrons. The first kappa shape index (κ1) is 16.0. The second kappa shape index (κ2) is 6.39. The largest absolute Gasteiger partial charge is 0.459 e. The van der Waals surface area contributed by atoms with Crippen molar-refractivity contribution in [3.05, 3.63) is 29.6 Å². The van der Waals surface area contributed by atoms with Crippen molar-refractivity contribution in [2.45, 2.75) is 44.3 Å². The molecule has 1 N–H and O–H groups in total. The van der Waals surface area contributed by atoms with E-state index in [0.29, 0.717) is 10.5 Å². The minimum Gasteiger partial charge on any atom is -0.459 e. The molecule has 1 unspecified atom stereocenters. The van der Waals surface area contributed by atoms with Crippen molar-refractivity contribution in [1.29, 1.82) is 0 Å². The van der Waals surface area contributed by atoms with Crippen molar-refractivity contribution in [2.24, 2.45) is 0 Å². The lowest BCUT2D eigenvalue weighted by Gasteiger charge is -2.19. The summed E-state index contributed by atoms with van der Waals surface area (Å²) in [7, 11) is 0. The van der Waals surface area contributed by atoms with Crippen molar-refractivity contribution in [1.82, 2.24) is 0 Å². The number of halogens is 1. The van der Waals surface area contributed by atoms with Crippen LogP contribution in [-0.2, 0) is 9.53 Å². The summed E-state index contributed by atoms with van der Waals surface area (Å²) in [5.74, 6) is -0.831. The molecule has 1 rings (SSSR count). The first-order valence-electron chi connectivity index (χ1n) is 6.02. The molecule has 0 aliphatic rings. The average molecular weight is 286 g/mol. The van der Waals surface area contributed by atoms with E-state index in [2.05, 4.69) is 0 Å². The molecule has 0 saturated heterocycles. The number of carbonyl (C=O) groups excluding carboxylic acids is 1. The monoisotopic (exact) mass is 286 g/mol. The molecule has 0 heterocycles. The zero-order chi connectivity index (χ0) is 14.6. The van der Waals surface area contributed by atoms with E-state index < -0.39 is 23.5 Å². The highest BCUT2D eigenvalue weighted by molar-refractivity contribution is 8.00. The Morgan fingerprint density at radius 2 is 2.11 bits per heavy atom. The van der Waals surface area contributed by atoms with Gasteiger partial charge in [0, 0.05) is 4.90 Å². The number of thioether (sulfide) groups is 1. The van der Waals surface area contributed by atoms with Gasteiger partial charge < -0.3 is 9.84 Å². The molecule has 0 spiro atoms. The summed E-state index contributed by atoms with van der Waals surface area (Å²) in [5, 5.41) is 9.58. The molecule has 0 aliphatic heterocycles. The van der Waals surface area contributed by atoms with E-state index in [-0.39, 0.29) is 5.75 Å². The van der Waals surface area contributed by atoms with Crippen LogP contribution in [0.4, 0.5) is 4.39 Å². The lowest BCUT2D eigenvalue weighted by molar-refractivity contribution is -0.151. The molecule has 0 aliphatic carbocycles. The smallest absolute Gasteiger partial charge is 0.316 e. The number of hydrogen-bond acceptors (Lipinski definition) is 4. The number of hydrogen-bond donors (Lipinski definition) is 1. The van der Waals surface area contributed by atoms with Crippen molar-refractivity contribution < 1.29 is 19.0 Å². The zero-order valence-corrected chi connectivity index (χ0v) is 12.4. The van der Waals surface area contributed by atoms with Crippen LogP contribution in [-0.4, -0.2) is 22.4 Å². The number of ether oxygens (including phenoxy) is 1. The van der Waals surface area contributed by atoms with Gasteiger partial charge in [-0.15, -0.1) is 11.8 Å². The maximum atomic E-state index is 13.7. The molecule has 106 valence electrons. The van der Waals surface area contributed by atoms with Crippen LogP contribution in [0.5, 0.6) is 0 Å². The van der Waals surface area contributed by atoms with E-state index in [0.717, 1.165) is 11.8 Å². The average Bonchev–Trinajstić information content (AvgIpc) is 2.24. The van der Waals surface area contributed by atoms with Gasteiger partial charge in [-0.25, -0.2) is 4.39 Å². The summed E-state index contributed by atoms with van der Waals surface area (Å²) in [4.78, 5) is 11.9. The molecule has 5 heteroatoms. The third kappa shape index (κ3) is 5.20. The van der Waals surface area contributed by atoms with Gasteiger partial charge >= 0.3 is 5.97 Å². The van der Waals surface area contributed by atoms with Gasteiger partial charge in [0.2, 0.25) is 0 Å². The van der Waals surface area contributed by atoms with Crippen LogP contribution >= 0.6 is 11.8 Å². The van der Waals surface area contributed by atoms with Crippen LogP contribution in [0.3, 0.4) is 0 Å². The Hall–Kier alpha value is -1.07. The second-order valence-corrected chi connectivity index (χ2v) is 6.19. The molecular weight excluding hydrogens is 267 g/mol. The predicted molar refractivity (Wildman–Crippen MR) is 73.6 cm³/mol. The minimum atomic E-state index is -0.781. The van der Waals surface area contributed by atoms with Crippen LogP contribution in [0.1, 0.15) is 39.4 Å². The van der Waals surface area contributed by atoms with E-state index in [4.69, 9.17) is 4.74 Å².